The first kappa shape index (κ1) is 18.9. The highest BCUT2D eigenvalue weighted by molar-refractivity contribution is 5.91. The van der Waals surface area contributed by atoms with Crippen LogP contribution in [0.25, 0.3) is 11.1 Å². The van der Waals surface area contributed by atoms with Crippen LogP contribution in [0.15, 0.2) is 60.7 Å². The second-order valence-electron chi connectivity index (χ2n) is 6.23. The quantitative estimate of drug-likeness (QED) is 0.590. The number of benzene rings is 2. The molecule has 0 radical (unpaired) electrons. The Hall–Kier alpha value is -2.39. The SMILES string of the molecule is CCOC(=O)c1cccc(-c2cccc(C/C=C/[C@@H](C)[C@H](C)O)c2)c1. The number of esters is 1. The van der Waals surface area contributed by atoms with Crippen molar-refractivity contribution in [1.29, 1.82) is 0 Å². The average Bonchev–Trinajstić information content (AvgIpc) is 2.62. The molecule has 132 valence electrons. The molecule has 0 heterocycles. The molecule has 0 unspecified atom stereocenters. The van der Waals surface area contributed by atoms with Crippen LogP contribution in [0.4, 0.5) is 0 Å². The van der Waals surface area contributed by atoms with E-state index >= 15 is 0 Å². The highest BCUT2D eigenvalue weighted by atomic mass is 16.5. The molecule has 0 saturated heterocycles. The molecule has 0 bridgehead atoms. The van der Waals surface area contributed by atoms with Gasteiger partial charge in [-0.1, -0.05) is 55.5 Å². The Kier molecular flexibility index (Phi) is 6.96. The number of hydrogen-bond acceptors (Lipinski definition) is 3. The van der Waals surface area contributed by atoms with E-state index in [1.807, 2.05) is 43.3 Å². The van der Waals surface area contributed by atoms with Crippen molar-refractivity contribution in [3.05, 3.63) is 71.8 Å². The minimum absolute atomic E-state index is 0.143. The Balaban J connectivity index is 2.16. The molecule has 0 saturated carbocycles. The van der Waals surface area contributed by atoms with E-state index in [1.54, 1.807) is 19.9 Å². The van der Waals surface area contributed by atoms with Crippen LogP contribution >= 0.6 is 0 Å². The van der Waals surface area contributed by atoms with Crippen molar-refractivity contribution < 1.29 is 14.6 Å². The zero-order valence-corrected chi connectivity index (χ0v) is 15.1. The molecular weight excluding hydrogens is 312 g/mol. The van der Waals surface area contributed by atoms with Gasteiger partial charge in [-0.15, -0.1) is 0 Å². The van der Waals surface area contributed by atoms with Crippen LogP contribution in [-0.2, 0) is 11.2 Å². The first-order chi connectivity index (χ1) is 12.0. The van der Waals surface area contributed by atoms with Crippen molar-refractivity contribution >= 4 is 5.97 Å². The van der Waals surface area contributed by atoms with Crippen molar-refractivity contribution in [2.45, 2.75) is 33.3 Å². The fourth-order valence-electron chi connectivity index (χ4n) is 2.50. The summed E-state index contributed by atoms with van der Waals surface area (Å²) in [5, 5.41) is 9.53. The lowest BCUT2D eigenvalue weighted by molar-refractivity contribution is 0.0526. The molecule has 25 heavy (non-hydrogen) atoms. The summed E-state index contributed by atoms with van der Waals surface area (Å²) in [4.78, 5) is 11.9. The fraction of sp³-hybridized carbons (Fsp3) is 0.318. The van der Waals surface area contributed by atoms with Crippen LogP contribution in [0.5, 0.6) is 0 Å². The molecule has 0 spiro atoms. The van der Waals surface area contributed by atoms with Crippen molar-refractivity contribution in [3.8, 4) is 11.1 Å². The molecule has 0 fully saturated rings. The number of rotatable bonds is 7. The molecular formula is C22H26O3. The Morgan fingerprint density at radius 3 is 2.48 bits per heavy atom. The molecule has 0 aliphatic carbocycles. The monoisotopic (exact) mass is 338 g/mol. The summed E-state index contributed by atoms with van der Waals surface area (Å²) in [7, 11) is 0. The largest absolute Gasteiger partial charge is 0.462 e. The second kappa shape index (κ2) is 9.19. The predicted molar refractivity (Wildman–Crippen MR) is 102 cm³/mol. The maximum absolute atomic E-state index is 11.9. The van der Waals surface area contributed by atoms with Gasteiger partial charge in [-0.3, -0.25) is 0 Å². The third-order valence-corrected chi connectivity index (χ3v) is 4.19. The van der Waals surface area contributed by atoms with Crippen molar-refractivity contribution in [3.63, 3.8) is 0 Å². The van der Waals surface area contributed by atoms with Gasteiger partial charge in [0.25, 0.3) is 0 Å². The van der Waals surface area contributed by atoms with Crippen molar-refractivity contribution in [2.24, 2.45) is 5.92 Å². The maximum Gasteiger partial charge on any atom is 0.338 e. The predicted octanol–water partition coefficient (Wildman–Crippen LogP) is 4.65. The lowest BCUT2D eigenvalue weighted by Crippen LogP contribution is -2.09. The highest BCUT2D eigenvalue weighted by Crippen LogP contribution is 2.22. The summed E-state index contributed by atoms with van der Waals surface area (Å²) in [6.45, 7) is 5.97. The third kappa shape index (κ3) is 5.57. The molecule has 2 rings (SSSR count). The molecule has 2 aromatic carbocycles. The van der Waals surface area contributed by atoms with Gasteiger partial charge in [0.05, 0.1) is 18.3 Å². The van der Waals surface area contributed by atoms with Crippen LogP contribution in [0.1, 0.15) is 36.7 Å². The zero-order valence-electron chi connectivity index (χ0n) is 15.1. The number of ether oxygens (including phenoxy) is 1. The molecule has 2 aromatic rings. The van der Waals surface area contributed by atoms with Gasteiger partial charge in [-0.05, 0) is 55.0 Å². The lowest BCUT2D eigenvalue weighted by Gasteiger charge is -2.09. The second-order valence-corrected chi connectivity index (χ2v) is 6.23. The van der Waals surface area contributed by atoms with Crippen molar-refractivity contribution in [2.75, 3.05) is 6.61 Å². The van der Waals surface area contributed by atoms with E-state index in [0.717, 1.165) is 17.5 Å². The average molecular weight is 338 g/mol. The van der Waals surface area contributed by atoms with Gasteiger partial charge in [0.15, 0.2) is 0 Å². The van der Waals surface area contributed by atoms with Gasteiger partial charge >= 0.3 is 5.97 Å². The fourth-order valence-corrected chi connectivity index (χ4v) is 2.50. The molecule has 0 aromatic heterocycles. The normalized spacial score (nSPS) is 13.6. The van der Waals surface area contributed by atoms with E-state index < -0.39 is 0 Å². The summed E-state index contributed by atoms with van der Waals surface area (Å²) in [6, 6.07) is 15.8. The smallest absolute Gasteiger partial charge is 0.338 e. The number of aliphatic hydroxyl groups is 1. The molecule has 3 heteroatoms. The minimum Gasteiger partial charge on any atom is -0.462 e. The number of aliphatic hydroxyl groups excluding tert-OH is 1. The van der Waals surface area contributed by atoms with E-state index in [1.165, 1.54) is 5.56 Å². The number of allylic oxidation sites excluding steroid dienone is 1. The van der Waals surface area contributed by atoms with E-state index in [9.17, 15) is 9.90 Å². The lowest BCUT2D eigenvalue weighted by atomic mass is 9.99. The summed E-state index contributed by atoms with van der Waals surface area (Å²) in [5.41, 5.74) is 3.82. The summed E-state index contributed by atoms with van der Waals surface area (Å²) in [6.07, 6.45) is 4.60. The minimum atomic E-state index is -0.340. The first-order valence-electron chi connectivity index (χ1n) is 8.72. The topological polar surface area (TPSA) is 46.5 Å². The highest BCUT2D eigenvalue weighted by Gasteiger charge is 2.08. The van der Waals surface area contributed by atoms with Crippen LogP contribution in [0.3, 0.4) is 0 Å². The van der Waals surface area contributed by atoms with E-state index in [4.69, 9.17) is 4.74 Å². The van der Waals surface area contributed by atoms with Gasteiger partial charge in [0, 0.05) is 0 Å². The van der Waals surface area contributed by atoms with E-state index in [-0.39, 0.29) is 18.0 Å². The van der Waals surface area contributed by atoms with Crippen LogP contribution < -0.4 is 0 Å². The Morgan fingerprint density at radius 1 is 1.12 bits per heavy atom. The van der Waals surface area contributed by atoms with E-state index in [2.05, 4.69) is 18.2 Å². The van der Waals surface area contributed by atoms with Crippen LogP contribution in [-0.4, -0.2) is 23.8 Å². The molecule has 3 nitrogen and oxygen atoms in total. The van der Waals surface area contributed by atoms with E-state index in [0.29, 0.717) is 12.2 Å². The summed E-state index contributed by atoms with van der Waals surface area (Å²) >= 11 is 0. The number of carbonyl (C=O) groups is 1. The van der Waals surface area contributed by atoms with Crippen LogP contribution in [0, 0.1) is 5.92 Å². The Morgan fingerprint density at radius 2 is 1.80 bits per heavy atom. The molecule has 0 amide bonds. The zero-order chi connectivity index (χ0) is 18.2. The van der Waals surface area contributed by atoms with Gasteiger partial charge in [-0.2, -0.15) is 0 Å². The number of hydrogen-bond donors (Lipinski definition) is 1. The molecule has 0 aliphatic rings. The van der Waals surface area contributed by atoms with Gasteiger partial charge in [-0.25, -0.2) is 4.79 Å². The maximum atomic E-state index is 11.9. The molecule has 1 N–H and O–H groups in total. The Labute approximate surface area is 150 Å². The third-order valence-electron chi connectivity index (χ3n) is 4.19. The molecule has 2 atom stereocenters. The number of carbonyl (C=O) groups excluding carboxylic acids is 1. The standard InChI is InChI=1S/C22H26O3/c1-4-25-22(24)21-13-7-12-20(15-21)19-11-6-10-18(14-19)9-5-8-16(2)17(3)23/h5-8,10-17,23H,4,9H2,1-3H3/b8-5+/t16-,17+/m1/s1. The van der Waals surface area contributed by atoms with Crippen LogP contribution in [0.2, 0.25) is 0 Å². The first-order valence-corrected chi connectivity index (χ1v) is 8.72. The molecule has 0 aliphatic heterocycles. The summed E-state index contributed by atoms with van der Waals surface area (Å²) in [5.74, 6) is -0.153. The van der Waals surface area contributed by atoms with Gasteiger partial charge < -0.3 is 9.84 Å². The van der Waals surface area contributed by atoms with Gasteiger partial charge in [0.1, 0.15) is 0 Å². The Bertz CT molecular complexity index is 732. The van der Waals surface area contributed by atoms with Gasteiger partial charge in [0.2, 0.25) is 0 Å². The summed E-state index contributed by atoms with van der Waals surface area (Å²) < 4.78 is 5.07. The van der Waals surface area contributed by atoms with Crippen molar-refractivity contribution in [1.82, 2.24) is 0 Å².